The fraction of sp³-hybridized carbons (Fsp3) is 0.625. The third-order valence-electron chi connectivity index (χ3n) is 2.89. The summed E-state index contributed by atoms with van der Waals surface area (Å²) in [6.07, 6.45) is 2.14. The molecule has 3 nitrogen and oxygen atoms in total. The van der Waals surface area contributed by atoms with E-state index in [1.807, 2.05) is 26.0 Å². The van der Waals surface area contributed by atoms with Crippen LogP contribution in [0.15, 0.2) is 18.2 Å². The molecule has 0 bridgehead atoms. The molecule has 1 aliphatic rings. The first-order valence-electron chi connectivity index (χ1n) is 7.41. The summed E-state index contributed by atoms with van der Waals surface area (Å²) < 4.78 is 17.1. The molecule has 1 fully saturated rings. The quantitative estimate of drug-likeness (QED) is 0.741. The van der Waals surface area contributed by atoms with Crippen LogP contribution in [0.2, 0.25) is 0 Å². The average Bonchev–Trinajstić information content (AvgIpc) is 2.94. The predicted molar refractivity (Wildman–Crippen MR) is 97.5 cm³/mol. The van der Waals surface area contributed by atoms with Gasteiger partial charge in [0.05, 0.1) is 21.4 Å². The Bertz CT molecular complexity index is 391. The summed E-state index contributed by atoms with van der Waals surface area (Å²) in [4.78, 5) is 0. The monoisotopic (exact) mass is 332 g/mol. The Labute approximate surface area is 134 Å². The van der Waals surface area contributed by atoms with Crippen molar-refractivity contribution in [1.29, 1.82) is 0 Å². The summed E-state index contributed by atoms with van der Waals surface area (Å²) in [5.74, 6) is 1.85. The molecule has 1 unspecified atom stereocenters. The highest BCUT2D eigenvalue weighted by atomic mass is 31.1. The average molecular weight is 332 g/mol. The maximum absolute atomic E-state index is 5.90. The molecule has 21 heavy (non-hydrogen) atoms. The van der Waals surface area contributed by atoms with E-state index in [2.05, 4.69) is 26.3 Å². The lowest BCUT2D eigenvalue weighted by Crippen LogP contribution is -2.15. The molecule has 1 aliphatic heterocycles. The molecule has 0 radical (unpaired) electrons. The normalized spacial score (nSPS) is 16.8. The van der Waals surface area contributed by atoms with Gasteiger partial charge in [-0.1, -0.05) is 26.8 Å². The standard InChI is InChI=1S/C14H21O3P.C2H6.H3P/c1-4-11-5-6-12(9-14(11)17-18(2)3)16-13-7-8-15-10-13;1-2;/h5-6,9,13H,4,7-8,10H2,1-3H3;1-2H3;1H3/t13-;;/m0../s1. The van der Waals surface area contributed by atoms with Gasteiger partial charge < -0.3 is 14.0 Å². The van der Waals surface area contributed by atoms with Gasteiger partial charge >= 0.3 is 0 Å². The lowest BCUT2D eigenvalue weighted by molar-refractivity contribution is 0.141. The Morgan fingerprint density at radius 2 is 2.00 bits per heavy atom. The molecule has 1 aromatic rings. The van der Waals surface area contributed by atoms with Crippen molar-refractivity contribution in [3.63, 3.8) is 0 Å². The first-order chi connectivity index (χ1) is 9.69. The SMILES string of the molecule is CC.CCc1ccc(O[C@H]2CCOC2)cc1OP(C)C.P. The summed E-state index contributed by atoms with van der Waals surface area (Å²) in [6.45, 7) is 11.8. The molecule has 0 saturated carbocycles. The van der Waals surface area contributed by atoms with Crippen molar-refractivity contribution in [1.82, 2.24) is 0 Å². The van der Waals surface area contributed by atoms with E-state index in [0.29, 0.717) is 6.61 Å². The van der Waals surface area contributed by atoms with Gasteiger partial charge in [-0.2, -0.15) is 9.90 Å². The lowest BCUT2D eigenvalue weighted by Gasteiger charge is -2.17. The third-order valence-corrected chi connectivity index (χ3v) is 3.45. The van der Waals surface area contributed by atoms with E-state index < -0.39 is 8.15 Å². The first kappa shape index (κ1) is 20.6. The molecule has 0 N–H and O–H groups in total. The topological polar surface area (TPSA) is 27.7 Å². The lowest BCUT2D eigenvalue weighted by atomic mass is 10.1. The Morgan fingerprint density at radius 3 is 2.52 bits per heavy atom. The summed E-state index contributed by atoms with van der Waals surface area (Å²) in [7, 11) is -0.407. The molecule has 0 spiro atoms. The molecule has 1 heterocycles. The number of hydrogen-bond donors (Lipinski definition) is 0. The second-order valence-electron chi connectivity index (χ2n) is 4.63. The van der Waals surface area contributed by atoms with E-state index in [-0.39, 0.29) is 16.0 Å². The van der Waals surface area contributed by atoms with Crippen LogP contribution in [-0.4, -0.2) is 32.6 Å². The van der Waals surface area contributed by atoms with E-state index in [9.17, 15) is 0 Å². The van der Waals surface area contributed by atoms with Crippen molar-refractivity contribution in [3.05, 3.63) is 23.8 Å². The molecular formula is C16H30O3P2. The Morgan fingerprint density at radius 1 is 1.29 bits per heavy atom. The van der Waals surface area contributed by atoms with Gasteiger partial charge in [0.15, 0.2) is 0 Å². The van der Waals surface area contributed by atoms with Crippen LogP contribution >= 0.6 is 18.0 Å². The summed E-state index contributed by atoms with van der Waals surface area (Å²) in [5, 5.41) is 0. The molecule has 122 valence electrons. The summed E-state index contributed by atoms with van der Waals surface area (Å²) in [5.41, 5.74) is 1.24. The molecule has 1 aromatic carbocycles. The molecule has 5 heteroatoms. The van der Waals surface area contributed by atoms with Crippen LogP contribution in [0.5, 0.6) is 11.5 Å². The van der Waals surface area contributed by atoms with Gasteiger partial charge in [-0.25, -0.2) is 0 Å². The minimum Gasteiger partial charge on any atom is -0.488 e. The summed E-state index contributed by atoms with van der Waals surface area (Å²) >= 11 is 0. The molecule has 2 atom stereocenters. The second-order valence-corrected chi connectivity index (χ2v) is 6.44. The van der Waals surface area contributed by atoms with Crippen LogP contribution < -0.4 is 9.26 Å². The van der Waals surface area contributed by atoms with Crippen LogP contribution in [-0.2, 0) is 11.2 Å². The van der Waals surface area contributed by atoms with Crippen LogP contribution in [0.25, 0.3) is 0 Å². The summed E-state index contributed by atoms with van der Waals surface area (Å²) in [6, 6.07) is 6.14. The van der Waals surface area contributed by atoms with Crippen molar-refractivity contribution >= 4 is 18.0 Å². The number of aryl methyl sites for hydroxylation is 1. The third kappa shape index (κ3) is 6.96. The minimum absolute atomic E-state index is 0. The van der Waals surface area contributed by atoms with Crippen molar-refractivity contribution in [2.75, 3.05) is 26.5 Å². The highest BCUT2D eigenvalue weighted by Gasteiger charge is 2.17. The Kier molecular flexibility index (Phi) is 11.0. The van der Waals surface area contributed by atoms with Gasteiger partial charge in [0, 0.05) is 12.5 Å². The molecular weight excluding hydrogens is 302 g/mol. The second kappa shape index (κ2) is 11.2. The zero-order valence-electron chi connectivity index (χ0n) is 14.0. The van der Waals surface area contributed by atoms with Gasteiger partial charge in [0.25, 0.3) is 0 Å². The number of rotatable bonds is 5. The van der Waals surface area contributed by atoms with Crippen LogP contribution in [0.3, 0.4) is 0 Å². The van der Waals surface area contributed by atoms with Crippen molar-refractivity contribution in [2.24, 2.45) is 0 Å². The van der Waals surface area contributed by atoms with Crippen LogP contribution in [0, 0.1) is 0 Å². The Balaban J connectivity index is 0.00000128. The fourth-order valence-electron chi connectivity index (χ4n) is 1.98. The zero-order valence-corrected chi connectivity index (χ0v) is 16.3. The number of hydrogen-bond acceptors (Lipinski definition) is 3. The molecule has 0 aromatic heterocycles. The smallest absolute Gasteiger partial charge is 0.130 e. The molecule has 2 rings (SSSR count). The van der Waals surface area contributed by atoms with Gasteiger partial charge in [-0.15, -0.1) is 0 Å². The van der Waals surface area contributed by atoms with Crippen molar-refractivity contribution in [2.45, 2.75) is 39.7 Å². The van der Waals surface area contributed by atoms with E-state index in [1.165, 1.54) is 5.56 Å². The zero-order chi connectivity index (χ0) is 15.0. The number of ether oxygens (including phenoxy) is 2. The maximum Gasteiger partial charge on any atom is 0.130 e. The van der Waals surface area contributed by atoms with E-state index >= 15 is 0 Å². The predicted octanol–water partition coefficient (Wildman–Crippen LogP) is 4.54. The van der Waals surface area contributed by atoms with Crippen LogP contribution in [0.1, 0.15) is 32.8 Å². The molecule has 1 saturated heterocycles. The van der Waals surface area contributed by atoms with Crippen molar-refractivity contribution < 1.29 is 14.0 Å². The van der Waals surface area contributed by atoms with Gasteiger partial charge in [-0.05, 0) is 31.4 Å². The van der Waals surface area contributed by atoms with E-state index in [4.69, 9.17) is 14.0 Å². The number of benzene rings is 1. The van der Waals surface area contributed by atoms with Gasteiger partial charge in [-0.3, -0.25) is 0 Å². The largest absolute Gasteiger partial charge is 0.488 e. The van der Waals surface area contributed by atoms with E-state index in [1.54, 1.807) is 0 Å². The van der Waals surface area contributed by atoms with Gasteiger partial charge in [0.2, 0.25) is 0 Å². The first-order valence-corrected chi connectivity index (χ1v) is 9.57. The maximum atomic E-state index is 5.90. The van der Waals surface area contributed by atoms with Crippen LogP contribution in [0.4, 0.5) is 0 Å². The minimum atomic E-state index is -0.407. The van der Waals surface area contributed by atoms with Crippen molar-refractivity contribution in [3.8, 4) is 11.5 Å². The fourth-order valence-corrected chi connectivity index (χ4v) is 2.54. The highest BCUT2D eigenvalue weighted by molar-refractivity contribution is 7.51. The highest BCUT2D eigenvalue weighted by Crippen LogP contribution is 2.35. The van der Waals surface area contributed by atoms with Gasteiger partial charge in [0.1, 0.15) is 17.6 Å². The molecule has 0 amide bonds. The Hall–Kier alpha value is -0.360. The molecule has 0 aliphatic carbocycles. The van der Waals surface area contributed by atoms with E-state index in [0.717, 1.165) is 30.9 Å².